The lowest BCUT2D eigenvalue weighted by Gasteiger charge is -2.11. The second-order valence-corrected chi connectivity index (χ2v) is 7.15. The summed E-state index contributed by atoms with van der Waals surface area (Å²) >= 11 is 6.43. The van der Waals surface area contributed by atoms with E-state index in [9.17, 15) is 4.79 Å². The Morgan fingerprint density at radius 2 is 1.96 bits per heavy atom. The molecule has 144 valence electrons. The van der Waals surface area contributed by atoms with Crippen molar-refractivity contribution < 1.29 is 9.53 Å². The van der Waals surface area contributed by atoms with E-state index in [4.69, 9.17) is 16.3 Å². The molecule has 0 bridgehead atoms. The van der Waals surface area contributed by atoms with Crippen molar-refractivity contribution in [3.05, 3.63) is 59.4 Å². The normalized spacial score (nSPS) is 13.5. The van der Waals surface area contributed by atoms with Crippen LogP contribution in [0.25, 0.3) is 11.4 Å². The Morgan fingerprint density at radius 3 is 2.82 bits per heavy atom. The number of benzene rings is 2. The van der Waals surface area contributed by atoms with Gasteiger partial charge in [-0.3, -0.25) is 4.79 Å². The first kappa shape index (κ1) is 18.5. The first-order chi connectivity index (χ1) is 13.7. The van der Waals surface area contributed by atoms with Gasteiger partial charge in [0.25, 0.3) is 5.91 Å². The van der Waals surface area contributed by atoms with Gasteiger partial charge in [0.05, 0.1) is 5.02 Å². The summed E-state index contributed by atoms with van der Waals surface area (Å²) in [7, 11) is 0. The molecule has 6 nitrogen and oxygen atoms in total. The molecule has 1 aliphatic heterocycles. The molecule has 0 saturated carbocycles. The summed E-state index contributed by atoms with van der Waals surface area (Å²) in [6.45, 7) is 0.817. The molecule has 0 fully saturated rings. The predicted molar refractivity (Wildman–Crippen MR) is 109 cm³/mol. The number of halogens is 1. The van der Waals surface area contributed by atoms with E-state index in [0.717, 1.165) is 43.0 Å². The van der Waals surface area contributed by atoms with E-state index in [0.29, 0.717) is 16.5 Å². The van der Waals surface area contributed by atoms with Crippen LogP contribution < -0.4 is 10.1 Å². The molecule has 0 unspecified atom stereocenters. The molecule has 3 aromatic rings. The fraction of sp³-hybridized carbons (Fsp3) is 0.286. The number of nitrogens with zero attached hydrogens (tertiary/aromatic N) is 3. The molecule has 1 aliphatic rings. The number of ether oxygens (including phenoxy) is 1. The Morgan fingerprint density at radius 1 is 1.11 bits per heavy atom. The van der Waals surface area contributed by atoms with Crippen LogP contribution in [-0.4, -0.2) is 27.3 Å². The van der Waals surface area contributed by atoms with E-state index in [2.05, 4.69) is 20.1 Å². The maximum absolute atomic E-state index is 12.2. The number of rotatable bonds is 5. The number of amides is 1. The number of hydrogen-bond acceptors (Lipinski definition) is 4. The Kier molecular flexibility index (Phi) is 5.58. The van der Waals surface area contributed by atoms with Crippen LogP contribution in [0.4, 0.5) is 5.69 Å². The predicted octanol–water partition coefficient (Wildman–Crippen LogP) is 4.34. The van der Waals surface area contributed by atoms with Gasteiger partial charge in [0.15, 0.2) is 12.4 Å². The van der Waals surface area contributed by atoms with Gasteiger partial charge < -0.3 is 14.6 Å². The van der Waals surface area contributed by atoms with Crippen molar-refractivity contribution in [2.75, 3.05) is 11.9 Å². The average molecular weight is 397 g/mol. The number of carbonyl (C=O) groups excluding carboxylic acids is 1. The van der Waals surface area contributed by atoms with Gasteiger partial charge in [-0.2, -0.15) is 0 Å². The second-order valence-electron chi connectivity index (χ2n) is 6.75. The zero-order chi connectivity index (χ0) is 19.3. The number of anilines is 1. The van der Waals surface area contributed by atoms with E-state index in [-0.39, 0.29) is 12.5 Å². The van der Waals surface area contributed by atoms with Crippen molar-refractivity contribution in [2.45, 2.75) is 32.2 Å². The molecule has 28 heavy (non-hydrogen) atoms. The third kappa shape index (κ3) is 4.17. The van der Waals surface area contributed by atoms with E-state index in [1.54, 1.807) is 12.1 Å². The highest BCUT2D eigenvalue weighted by molar-refractivity contribution is 6.33. The maximum atomic E-state index is 12.2. The zero-order valence-corrected chi connectivity index (χ0v) is 16.2. The van der Waals surface area contributed by atoms with E-state index in [1.165, 1.54) is 6.42 Å². The summed E-state index contributed by atoms with van der Waals surface area (Å²) in [4.78, 5) is 12.2. The van der Waals surface area contributed by atoms with Crippen molar-refractivity contribution in [1.29, 1.82) is 0 Å². The van der Waals surface area contributed by atoms with Crippen LogP contribution in [0.3, 0.4) is 0 Å². The lowest BCUT2D eigenvalue weighted by atomic mass is 10.1. The van der Waals surface area contributed by atoms with Gasteiger partial charge in [-0.25, -0.2) is 0 Å². The highest BCUT2D eigenvalue weighted by Gasteiger charge is 2.18. The molecule has 2 aromatic carbocycles. The van der Waals surface area contributed by atoms with Crippen molar-refractivity contribution >= 4 is 23.2 Å². The minimum absolute atomic E-state index is 0.0672. The maximum Gasteiger partial charge on any atom is 0.262 e. The van der Waals surface area contributed by atoms with Crippen LogP contribution in [0.5, 0.6) is 5.75 Å². The van der Waals surface area contributed by atoms with Crippen molar-refractivity contribution in [2.24, 2.45) is 0 Å². The molecule has 0 aliphatic carbocycles. The van der Waals surface area contributed by atoms with Crippen LogP contribution >= 0.6 is 11.6 Å². The van der Waals surface area contributed by atoms with Gasteiger partial charge in [-0.05, 0) is 43.2 Å². The van der Waals surface area contributed by atoms with Crippen molar-refractivity contribution in [3.8, 4) is 17.1 Å². The van der Waals surface area contributed by atoms with Crippen molar-refractivity contribution in [3.63, 3.8) is 0 Å². The largest absolute Gasteiger partial charge is 0.484 e. The van der Waals surface area contributed by atoms with Gasteiger partial charge in [-0.1, -0.05) is 36.2 Å². The number of hydrogen-bond donors (Lipinski definition) is 1. The van der Waals surface area contributed by atoms with Gasteiger partial charge in [0.2, 0.25) is 0 Å². The van der Waals surface area contributed by atoms with E-state index < -0.39 is 0 Å². The summed E-state index contributed by atoms with van der Waals surface area (Å²) < 4.78 is 7.63. The van der Waals surface area contributed by atoms with Crippen LogP contribution in [0.15, 0.2) is 48.5 Å². The minimum Gasteiger partial charge on any atom is -0.484 e. The van der Waals surface area contributed by atoms with Gasteiger partial charge in [0, 0.05) is 24.2 Å². The first-order valence-corrected chi connectivity index (χ1v) is 9.78. The average Bonchev–Trinajstić information content (AvgIpc) is 2.96. The Bertz CT molecular complexity index is 972. The third-order valence-corrected chi connectivity index (χ3v) is 5.04. The Hall–Kier alpha value is -2.86. The number of aromatic nitrogens is 3. The topological polar surface area (TPSA) is 69.0 Å². The first-order valence-electron chi connectivity index (χ1n) is 9.40. The molecular formula is C21H21ClN4O2. The number of para-hydroxylation sites is 1. The summed E-state index contributed by atoms with van der Waals surface area (Å²) in [6.07, 6.45) is 4.35. The summed E-state index contributed by atoms with van der Waals surface area (Å²) in [5.41, 5.74) is 1.41. The summed E-state index contributed by atoms with van der Waals surface area (Å²) in [5.74, 6) is 2.16. The highest BCUT2D eigenvalue weighted by atomic mass is 35.5. The quantitative estimate of drug-likeness (QED) is 0.696. The Labute approximate surface area is 168 Å². The SMILES string of the molecule is O=C(COc1ccccc1)Nc1ccc(Cl)c(-c2nnc3n2CCCCC3)c1. The monoisotopic (exact) mass is 396 g/mol. The third-order valence-electron chi connectivity index (χ3n) is 4.71. The molecule has 1 amide bonds. The molecular weight excluding hydrogens is 376 g/mol. The fourth-order valence-electron chi connectivity index (χ4n) is 3.32. The van der Waals surface area contributed by atoms with Crippen LogP contribution in [0.1, 0.15) is 25.1 Å². The summed E-state index contributed by atoms with van der Waals surface area (Å²) in [6, 6.07) is 14.6. The molecule has 7 heteroatoms. The van der Waals surface area contributed by atoms with Crippen LogP contribution in [-0.2, 0) is 17.8 Å². The van der Waals surface area contributed by atoms with Crippen LogP contribution in [0, 0.1) is 0 Å². The van der Waals surface area contributed by atoms with Gasteiger partial charge in [0.1, 0.15) is 11.6 Å². The standard InChI is InChI=1S/C21H21ClN4O2/c22-18-11-10-15(23-20(27)14-28-16-7-3-1-4-8-16)13-17(18)21-25-24-19-9-5-2-6-12-26(19)21/h1,3-4,7-8,10-11,13H,2,5-6,9,12,14H2,(H,23,27). The molecule has 0 atom stereocenters. The molecule has 0 radical (unpaired) electrons. The number of fused-ring (bicyclic) bond motifs is 1. The number of nitrogens with one attached hydrogen (secondary N) is 1. The molecule has 1 N–H and O–H groups in total. The fourth-order valence-corrected chi connectivity index (χ4v) is 3.52. The minimum atomic E-state index is -0.239. The molecule has 0 saturated heterocycles. The molecule has 4 rings (SSSR count). The van der Waals surface area contributed by atoms with Gasteiger partial charge in [-0.15, -0.1) is 10.2 Å². The number of carbonyl (C=O) groups is 1. The highest BCUT2D eigenvalue weighted by Crippen LogP contribution is 2.31. The van der Waals surface area contributed by atoms with Crippen molar-refractivity contribution in [1.82, 2.24) is 14.8 Å². The summed E-state index contributed by atoms with van der Waals surface area (Å²) in [5, 5.41) is 12.1. The van der Waals surface area contributed by atoms with Gasteiger partial charge >= 0.3 is 0 Å². The smallest absolute Gasteiger partial charge is 0.262 e. The Balaban J connectivity index is 1.50. The second kappa shape index (κ2) is 8.44. The number of aryl methyl sites for hydroxylation is 1. The lowest BCUT2D eigenvalue weighted by molar-refractivity contribution is -0.118. The molecule has 2 heterocycles. The molecule has 1 aromatic heterocycles. The van der Waals surface area contributed by atoms with E-state index in [1.807, 2.05) is 36.4 Å². The van der Waals surface area contributed by atoms with Crippen LogP contribution in [0.2, 0.25) is 5.02 Å². The molecule has 0 spiro atoms. The van der Waals surface area contributed by atoms with E-state index >= 15 is 0 Å². The zero-order valence-electron chi connectivity index (χ0n) is 15.4. The lowest BCUT2D eigenvalue weighted by Crippen LogP contribution is -2.20.